The van der Waals surface area contributed by atoms with Gasteiger partial charge in [-0.2, -0.15) is 0 Å². The zero-order valence-corrected chi connectivity index (χ0v) is 24.0. The molecular formula is C24H43O13P. The number of aliphatic hydroxyl groups is 2. The van der Waals surface area contributed by atoms with E-state index in [9.17, 15) is 38.6 Å². The lowest BCUT2D eigenvalue weighted by Gasteiger charge is -2.25. The summed E-state index contributed by atoms with van der Waals surface area (Å²) < 4.78 is 31.8. The molecule has 1 unspecified atom stereocenters. The fraction of sp³-hybridized carbons (Fsp3) is 0.833. The highest BCUT2D eigenvalue weighted by Crippen LogP contribution is 2.44. The van der Waals surface area contributed by atoms with Crippen LogP contribution >= 0.6 is 7.60 Å². The SMILES string of the molecule is CC(C)(O)COC(=O)CC(C(=O)OCC(C)(C)COC(=O)CCCCC(=O)OCC(C)(C)CO)P(=O)(O)O. The highest BCUT2D eigenvalue weighted by molar-refractivity contribution is 7.53. The van der Waals surface area contributed by atoms with Gasteiger partial charge in [0.25, 0.3) is 0 Å². The van der Waals surface area contributed by atoms with Crippen molar-refractivity contribution in [3.8, 4) is 0 Å². The third-order valence-electron chi connectivity index (χ3n) is 4.92. The molecule has 0 aliphatic heterocycles. The van der Waals surface area contributed by atoms with Gasteiger partial charge >= 0.3 is 31.5 Å². The highest BCUT2D eigenvalue weighted by Gasteiger charge is 2.40. The monoisotopic (exact) mass is 570 g/mol. The van der Waals surface area contributed by atoms with E-state index in [1.54, 1.807) is 27.7 Å². The third-order valence-corrected chi connectivity index (χ3v) is 6.12. The molecule has 13 nitrogen and oxygen atoms in total. The molecule has 1 atom stereocenters. The summed E-state index contributed by atoms with van der Waals surface area (Å²) in [5.41, 5.74) is -4.88. The highest BCUT2D eigenvalue weighted by atomic mass is 31.2. The van der Waals surface area contributed by atoms with Crippen molar-refractivity contribution in [3.63, 3.8) is 0 Å². The number of esters is 4. The Kier molecular flexibility index (Phi) is 14.7. The molecule has 0 fully saturated rings. The van der Waals surface area contributed by atoms with Crippen LogP contribution in [0.15, 0.2) is 0 Å². The van der Waals surface area contributed by atoms with Crippen LogP contribution in [0.5, 0.6) is 0 Å². The van der Waals surface area contributed by atoms with E-state index in [1.807, 2.05) is 0 Å². The molecule has 0 amide bonds. The van der Waals surface area contributed by atoms with E-state index >= 15 is 0 Å². The summed E-state index contributed by atoms with van der Waals surface area (Å²) in [5.74, 6) is -3.37. The van der Waals surface area contributed by atoms with E-state index in [0.717, 1.165) is 0 Å². The van der Waals surface area contributed by atoms with E-state index in [1.165, 1.54) is 13.8 Å². The largest absolute Gasteiger partial charge is 0.465 e. The van der Waals surface area contributed by atoms with Crippen LogP contribution in [0.3, 0.4) is 0 Å². The normalized spacial score (nSPS) is 13.4. The Morgan fingerprint density at radius 3 is 1.55 bits per heavy atom. The van der Waals surface area contributed by atoms with Gasteiger partial charge in [0.2, 0.25) is 0 Å². The van der Waals surface area contributed by atoms with Gasteiger partial charge in [-0.15, -0.1) is 0 Å². The van der Waals surface area contributed by atoms with Crippen LogP contribution in [0.2, 0.25) is 0 Å². The van der Waals surface area contributed by atoms with Crippen LogP contribution < -0.4 is 0 Å². The second-order valence-electron chi connectivity index (χ2n) is 11.4. The number of carbonyl (C=O) groups excluding carboxylic acids is 4. The molecule has 14 heteroatoms. The maximum absolute atomic E-state index is 12.3. The summed E-state index contributed by atoms with van der Waals surface area (Å²) in [7, 11) is -5.07. The van der Waals surface area contributed by atoms with Crippen molar-refractivity contribution >= 4 is 31.5 Å². The summed E-state index contributed by atoms with van der Waals surface area (Å²) >= 11 is 0. The van der Waals surface area contributed by atoms with E-state index in [0.29, 0.717) is 12.8 Å². The quantitative estimate of drug-likeness (QED) is 0.0799. The Bertz CT molecular complexity index is 839. The molecule has 0 saturated heterocycles. The first kappa shape index (κ1) is 35.9. The molecule has 0 aliphatic carbocycles. The second kappa shape index (κ2) is 15.5. The molecule has 0 heterocycles. The van der Waals surface area contributed by atoms with Crippen molar-refractivity contribution < 1.29 is 62.7 Å². The summed E-state index contributed by atoms with van der Waals surface area (Å²) in [6, 6.07) is 0. The van der Waals surface area contributed by atoms with Crippen molar-refractivity contribution in [2.45, 2.75) is 84.9 Å². The van der Waals surface area contributed by atoms with Crippen LogP contribution in [-0.4, -0.2) is 88.2 Å². The van der Waals surface area contributed by atoms with Gasteiger partial charge in [-0.25, -0.2) is 0 Å². The molecule has 0 spiro atoms. The summed E-state index contributed by atoms with van der Waals surface area (Å²) in [4.78, 5) is 66.9. The van der Waals surface area contributed by atoms with E-state index < -0.39 is 66.6 Å². The summed E-state index contributed by atoms with van der Waals surface area (Å²) in [5, 5.41) is 18.7. The van der Waals surface area contributed by atoms with Crippen LogP contribution in [0.25, 0.3) is 0 Å². The lowest BCUT2D eigenvalue weighted by atomic mass is 9.96. The number of aliphatic hydroxyl groups excluding tert-OH is 1. The van der Waals surface area contributed by atoms with E-state index in [4.69, 9.17) is 24.1 Å². The first-order valence-electron chi connectivity index (χ1n) is 12.2. The van der Waals surface area contributed by atoms with Gasteiger partial charge in [-0.1, -0.05) is 27.7 Å². The lowest BCUT2D eigenvalue weighted by molar-refractivity contribution is -0.157. The predicted molar refractivity (Wildman–Crippen MR) is 134 cm³/mol. The Morgan fingerprint density at radius 2 is 1.13 bits per heavy atom. The van der Waals surface area contributed by atoms with E-state index in [-0.39, 0.29) is 39.3 Å². The first-order chi connectivity index (χ1) is 17.2. The molecule has 0 aromatic carbocycles. The van der Waals surface area contributed by atoms with Crippen molar-refractivity contribution in [2.24, 2.45) is 10.8 Å². The third kappa shape index (κ3) is 17.5. The summed E-state index contributed by atoms with van der Waals surface area (Å²) in [6.07, 6.45) is -0.0152. The second-order valence-corrected chi connectivity index (χ2v) is 13.2. The minimum atomic E-state index is -5.07. The number of hydrogen-bond donors (Lipinski definition) is 4. The first-order valence-corrected chi connectivity index (χ1v) is 13.9. The molecule has 0 aromatic heterocycles. The Balaban J connectivity index is 4.51. The van der Waals surface area contributed by atoms with Crippen LogP contribution in [0.1, 0.15) is 73.6 Å². The number of ether oxygens (including phenoxy) is 4. The predicted octanol–water partition coefficient (Wildman–Crippen LogP) is 1.47. The fourth-order valence-electron chi connectivity index (χ4n) is 2.50. The van der Waals surface area contributed by atoms with Gasteiger partial charge in [0.05, 0.1) is 38.4 Å². The minimum absolute atomic E-state index is 0.0400. The van der Waals surface area contributed by atoms with Gasteiger partial charge in [0.15, 0.2) is 5.66 Å². The van der Waals surface area contributed by atoms with Gasteiger partial charge in [0, 0.05) is 23.7 Å². The van der Waals surface area contributed by atoms with Gasteiger partial charge in [0.1, 0.15) is 6.61 Å². The van der Waals surface area contributed by atoms with Gasteiger partial charge in [-0.3, -0.25) is 23.7 Å². The fourth-order valence-corrected chi connectivity index (χ4v) is 3.23. The van der Waals surface area contributed by atoms with Crippen LogP contribution in [0.4, 0.5) is 0 Å². The van der Waals surface area contributed by atoms with Gasteiger partial charge in [-0.05, 0) is 26.7 Å². The number of rotatable bonds is 18. The molecule has 0 saturated carbocycles. The molecule has 0 rings (SSSR count). The Hall–Kier alpha value is -2.05. The molecule has 222 valence electrons. The lowest BCUT2D eigenvalue weighted by Crippen LogP contribution is -2.34. The molecule has 4 N–H and O–H groups in total. The zero-order chi connectivity index (χ0) is 29.8. The molecule has 0 aliphatic rings. The molecule has 0 bridgehead atoms. The van der Waals surface area contributed by atoms with Crippen molar-refractivity contribution in [2.75, 3.05) is 33.0 Å². The van der Waals surface area contributed by atoms with Crippen molar-refractivity contribution in [1.29, 1.82) is 0 Å². The van der Waals surface area contributed by atoms with Crippen molar-refractivity contribution in [3.05, 3.63) is 0 Å². The Morgan fingerprint density at radius 1 is 0.711 bits per heavy atom. The van der Waals surface area contributed by atoms with Gasteiger partial charge < -0.3 is 38.9 Å². The molecular weight excluding hydrogens is 527 g/mol. The number of hydrogen-bond acceptors (Lipinski definition) is 11. The average Bonchev–Trinajstić information content (AvgIpc) is 2.78. The maximum Gasteiger partial charge on any atom is 0.340 e. The molecule has 0 radical (unpaired) electrons. The molecule has 0 aromatic rings. The maximum atomic E-state index is 12.3. The zero-order valence-electron chi connectivity index (χ0n) is 23.1. The Labute approximate surface area is 223 Å². The van der Waals surface area contributed by atoms with E-state index in [2.05, 4.69) is 0 Å². The smallest absolute Gasteiger partial charge is 0.340 e. The minimum Gasteiger partial charge on any atom is -0.465 e. The average molecular weight is 571 g/mol. The van der Waals surface area contributed by atoms with Crippen molar-refractivity contribution in [1.82, 2.24) is 0 Å². The number of carbonyl (C=O) groups is 4. The topological polar surface area (TPSA) is 203 Å². The van der Waals surface area contributed by atoms with Crippen LogP contribution in [0, 0.1) is 10.8 Å². The molecule has 38 heavy (non-hydrogen) atoms. The summed E-state index contributed by atoms with van der Waals surface area (Å²) in [6.45, 7) is 8.46. The standard InChI is InChI=1S/C24H43O13P/c1-22(2,12-25)13-34-18(26)9-7-8-10-19(27)35-14-23(3,4)15-37-21(29)17(38(31,32)33)11-20(28)36-16-24(5,6)30/h17,25,30H,7-16H2,1-6H3,(H2,31,32,33). The van der Waals surface area contributed by atoms with Crippen LogP contribution in [-0.2, 0) is 42.7 Å². The number of unbranched alkanes of at least 4 members (excludes halogenated alkanes) is 1.